The Morgan fingerprint density at radius 1 is 1.75 bits per heavy atom. The van der Waals surface area contributed by atoms with E-state index in [-0.39, 0.29) is 12.7 Å². The third-order valence-electron chi connectivity index (χ3n) is 1.11. The molecule has 0 saturated heterocycles. The van der Waals surface area contributed by atoms with Crippen molar-refractivity contribution in [2.24, 2.45) is 5.73 Å². The van der Waals surface area contributed by atoms with Gasteiger partial charge in [0.1, 0.15) is 6.61 Å². The maximum absolute atomic E-state index is 10.2. The Morgan fingerprint density at radius 3 is 2.92 bits per heavy atom. The number of aliphatic hydroxyl groups is 1. The molecule has 0 aliphatic rings. The summed E-state index contributed by atoms with van der Waals surface area (Å²) in [5.41, 5.74) is 4.83. The molecule has 1 unspecified atom stereocenters. The summed E-state index contributed by atoms with van der Waals surface area (Å²) in [5, 5.41) is 11.8. The highest BCUT2D eigenvalue weighted by Gasteiger charge is 1.95. The molecule has 0 spiro atoms. The average molecular weight is 176 g/mol. The largest absolute Gasteiger partial charge is 0.392 e. The molecule has 0 bridgehead atoms. The maximum atomic E-state index is 10.2. The Hall–Kier alpha value is -0.650. The van der Waals surface area contributed by atoms with Gasteiger partial charge in [0.25, 0.3) is 0 Å². The summed E-state index contributed by atoms with van der Waals surface area (Å²) in [5.74, 6) is -0.467. The fourth-order valence-electron chi connectivity index (χ4n) is 0.628. The number of primary amides is 1. The molecule has 72 valence electrons. The summed E-state index contributed by atoms with van der Waals surface area (Å²) in [6.45, 7) is 3.21. The Balaban J connectivity index is 2.96. The summed E-state index contributed by atoms with van der Waals surface area (Å²) in [7, 11) is 0. The van der Waals surface area contributed by atoms with Crippen molar-refractivity contribution in [2.75, 3.05) is 26.3 Å². The van der Waals surface area contributed by atoms with Crippen molar-refractivity contribution >= 4 is 5.91 Å². The normalized spacial score (nSPS) is 12.8. The molecule has 1 amide bonds. The van der Waals surface area contributed by atoms with E-state index in [9.17, 15) is 4.79 Å². The molecule has 0 rings (SSSR count). The van der Waals surface area contributed by atoms with Crippen molar-refractivity contribution in [3.8, 4) is 0 Å². The summed E-state index contributed by atoms with van der Waals surface area (Å²) in [4.78, 5) is 10.2. The lowest BCUT2D eigenvalue weighted by atomic mass is 10.4. The van der Waals surface area contributed by atoms with Crippen LogP contribution in [0, 0.1) is 0 Å². The monoisotopic (exact) mass is 176 g/mol. The van der Waals surface area contributed by atoms with Gasteiger partial charge in [0, 0.05) is 13.1 Å². The molecule has 4 N–H and O–H groups in total. The summed E-state index contributed by atoms with van der Waals surface area (Å²) < 4.78 is 4.86. The van der Waals surface area contributed by atoms with E-state index in [1.165, 1.54) is 0 Å². The van der Waals surface area contributed by atoms with Crippen molar-refractivity contribution in [3.05, 3.63) is 0 Å². The first-order valence-electron chi connectivity index (χ1n) is 3.87. The molecule has 0 aromatic rings. The highest BCUT2D eigenvalue weighted by molar-refractivity contribution is 5.74. The second-order valence-corrected chi connectivity index (χ2v) is 2.57. The highest BCUT2D eigenvalue weighted by Crippen LogP contribution is 1.75. The van der Waals surface area contributed by atoms with Crippen LogP contribution in [0.15, 0.2) is 0 Å². The number of carbonyl (C=O) groups excluding carboxylic acids is 1. The first-order valence-corrected chi connectivity index (χ1v) is 3.87. The third-order valence-corrected chi connectivity index (χ3v) is 1.11. The molecule has 0 saturated carbocycles. The quantitative estimate of drug-likeness (QED) is 0.410. The highest BCUT2D eigenvalue weighted by atomic mass is 16.5. The molecule has 0 heterocycles. The molecular weight excluding hydrogens is 160 g/mol. The van der Waals surface area contributed by atoms with E-state index in [0.717, 1.165) is 0 Å². The lowest BCUT2D eigenvalue weighted by Gasteiger charge is -2.06. The van der Waals surface area contributed by atoms with Crippen LogP contribution >= 0.6 is 0 Å². The topological polar surface area (TPSA) is 84.6 Å². The number of hydrogen-bond donors (Lipinski definition) is 3. The van der Waals surface area contributed by atoms with Crippen molar-refractivity contribution < 1.29 is 14.6 Å². The van der Waals surface area contributed by atoms with E-state index in [1.54, 1.807) is 6.92 Å². The predicted octanol–water partition coefficient (Wildman–Crippen LogP) is -1.54. The predicted molar refractivity (Wildman–Crippen MR) is 44.6 cm³/mol. The van der Waals surface area contributed by atoms with Gasteiger partial charge in [0.15, 0.2) is 0 Å². The molecule has 5 heteroatoms. The van der Waals surface area contributed by atoms with Crippen LogP contribution in [0.5, 0.6) is 0 Å². The SMILES string of the molecule is CC(O)CNCCOCC(N)=O. The third kappa shape index (κ3) is 9.35. The standard InChI is InChI=1S/C7H16N2O3/c1-6(10)4-9-2-3-12-5-7(8)11/h6,9-10H,2-5H2,1H3,(H2,8,11). The van der Waals surface area contributed by atoms with Gasteiger partial charge in [-0.15, -0.1) is 0 Å². The van der Waals surface area contributed by atoms with Crippen molar-refractivity contribution in [1.82, 2.24) is 5.32 Å². The molecule has 0 aliphatic carbocycles. The van der Waals surface area contributed by atoms with Gasteiger partial charge in [-0.1, -0.05) is 0 Å². The first-order chi connectivity index (χ1) is 5.63. The summed E-state index contributed by atoms with van der Waals surface area (Å²) in [6, 6.07) is 0. The second kappa shape index (κ2) is 7.02. The summed E-state index contributed by atoms with van der Waals surface area (Å²) in [6.07, 6.45) is -0.360. The van der Waals surface area contributed by atoms with Gasteiger partial charge in [0.2, 0.25) is 5.91 Å². The number of nitrogens with one attached hydrogen (secondary N) is 1. The van der Waals surface area contributed by atoms with Gasteiger partial charge < -0.3 is 20.9 Å². The van der Waals surface area contributed by atoms with Gasteiger partial charge in [-0.25, -0.2) is 0 Å². The molecule has 5 nitrogen and oxygen atoms in total. The van der Waals surface area contributed by atoms with Crippen LogP contribution in [0.4, 0.5) is 0 Å². The lowest BCUT2D eigenvalue weighted by molar-refractivity contribution is -0.122. The second-order valence-electron chi connectivity index (χ2n) is 2.57. The first kappa shape index (κ1) is 11.4. The van der Waals surface area contributed by atoms with Crippen molar-refractivity contribution in [2.45, 2.75) is 13.0 Å². The Kier molecular flexibility index (Phi) is 6.64. The molecular formula is C7H16N2O3. The molecule has 0 fully saturated rings. The van der Waals surface area contributed by atoms with Gasteiger partial charge in [-0.2, -0.15) is 0 Å². The van der Waals surface area contributed by atoms with Crippen molar-refractivity contribution in [3.63, 3.8) is 0 Å². The lowest BCUT2D eigenvalue weighted by Crippen LogP contribution is -2.29. The van der Waals surface area contributed by atoms with Gasteiger partial charge in [-0.3, -0.25) is 4.79 Å². The number of hydrogen-bond acceptors (Lipinski definition) is 4. The van der Waals surface area contributed by atoms with Crippen LogP contribution in [-0.2, 0) is 9.53 Å². The Labute approximate surface area is 71.9 Å². The van der Waals surface area contributed by atoms with E-state index in [4.69, 9.17) is 15.6 Å². The fraction of sp³-hybridized carbons (Fsp3) is 0.857. The van der Waals surface area contributed by atoms with Gasteiger partial charge >= 0.3 is 0 Å². The molecule has 0 aliphatic heterocycles. The minimum atomic E-state index is -0.467. The zero-order chi connectivity index (χ0) is 9.40. The minimum Gasteiger partial charge on any atom is -0.392 e. The average Bonchev–Trinajstić information content (AvgIpc) is 1.95. The Bertz CT molecular complexity index is 128. The van der Waals surface area contributed by atoms with Gasteiger partial charge in [-0.05, 0) is 6.92 Å². The minimum absolute atomic E-state index is 0.0453. The van der Waals surface area contributed by atoms with Crippen LogP contribution < -0.4 is 11.1 Å². The Morgan fingerprint density at radius 2 is 2.42 bits per heavy atom. The van der Waals surface area contributed by atoms with Gasteiger partial charge in [0.05, 0.1) is 12.7 Å². The summed E-state index contributed by atoms with van der Waals surface area (Å²) >= 11 is 0. The fourth-order valence-corrected chi connectivity index (χ4v) is 0.628. The van der Waals surface area contributed by atoms with Crippen LogP contribution in [0.1, 0.15) is 6.92 Å². The number of rotatable bonds is 7. The van der Waals surface area contributed by atoms with E-state index in [1.807, 2.05) is 0 Å². The van der Waals surface area contributed by atoms with Crippen molar-refractivity contribution in [1.29, 1.82) is 0 Å². The molecule has 1 atom stereocenters. The van der Waals surface area contributed by atoms with E-state index in [0.29, 0.717) is 19.7 Å². The molecule has 0 aromatic heterocycles. The smallest absolute Gasteiger partial charge is 0.243 e. The number of aliphatic hydroxyl groups excluding tert-OH is 1. The number of nitrogens with two attached hydrogens (primary N) is 1. The van der Waals surface area contributed by atoms with Crippen LogP contribution in [0.2, 0.25) is 0 Å². The molecule has 0 radical (unpaired) electrons. The number of ether oxygens (including phenoxy) is 1. The number of amides is 1. The zero-order valence-electron chi connectivity index (χ0n) is 7.25. The maximum Gasteiger partial charge on any atom is 0.243 e. The van der Waals surface area contributed by atoms with Crippen LogP contribution in [0.25, 0.3) is 0 Å². The molecule has 0 aromatic carbocycles. The van der Waals surface area contributed by atoms with Crippen LogP contribution in [-0.4, -0.2) is 43.4 Å². The van der Waals surface area contributed by atoms with Crippen LogP contribution in [0.3, 0.4) is 0 Å². The number of carbonyl (C=O) groups is 1. The zero-order valence-corrected chi connectivity index (χ0v) is 7.25. The molecule has 12 heavy (non-hydrogen) atoms. The van der Waals surface area contributed by atoms with E-state index >= 15 is 0 Å². The van der Waals surface area contributed by atoms with E-state index < -0.39 is 5.91 Å². The van der Waals surface area contributed by atoms with E-state index in [2.05, 4.69) is 5.32 Å².